The SMILES string of the molecule is COCCNC(=O)C1CN(Cc2ccsc2)Cc2ncn(C)c21. The number of ether oxygens (including phenoxy) is 1. The van der Waals surface area contributed by atoms with Crippen LogP contribution in [0.4, 0.5) is 0 Å². The van der Waals surface area contributed by atoms with E-state index in [1.54, 1.807) is 24.8 Å². The highest BCUT2D eigenvalue weighted by atomic mass is 32.1. The molecule has 6 nitrogen and oxygen atoms in total. The Labute approximate surface area is 140 Å². The molecular weight excluding hydrogens is 312 g/mol. The second-order valence-corrected chi connectivity index (χ2v) is 6.61. The minimum absolute atomic E-state index is 0.0434. The largest absolute Gasteiger partial charge is 0.383 e. The summed E-state index contributed by atoms with van der Waals surface area (Å²) in [6.45, 7) is 3.40. The first-order valence-corrected chi connectivity index (χ1v) is 8.63. The Morgan fingerprint density at radius 2 is 2.43 bits per heavy atom. The van der Waals surface area contributed by atoms with E-state index in [0.717, 1.165) is 24.5 Å². The molecule has 1 unspecified atom stereocenters. The molecule has 2 aromatic heterocycles. The van der Waals surface area contributed by atoms with E-state index in [1.165, 1.54) is 5.56 Å². The van der Waals surface area contributed by atoms with Crippen molar-refractivity contribution in [1.29, 1.82) is 0 Å². The van der Waals surface area contributed by atoms with Gasteiger partial charge >= 0.3 is 0 Å². The minimum Gasteiger partial charge on any atom is -0.383 e. The Balaban J connectivity index is 1.76. The zero-order valence-corrected chi connectivity index (χ0v) is 14.3. The molecule has 3 heterocycles. The molecule has 0 bridgehead atoms. The maximum atomic E-state index is 12.6. The number of aromatic nitrogens is 2. The fourth-order valence-electron chi connectivity index (χ4n) is 3.05. The molecule has 0 aliphatic carbocycles. The van der Waals surface area contributed by atoms with Crippen molar-refractivity contribution in [3.05, 3.63) is 40.1 Å². The van der Waals surface area contributed by atoms with Gasteiger partial charge in [-0.2, -0.15) is 11.3 Å². The van der Waals surface area contributed by atoms with Gasteiger partial charge in [-0.1, -0.05) is 0 Å². The van der Waals surface area contributed by atoms with Crippen LogP contribution in [0.3, 0.4) is 0 Å². The van der Waals surface area contributed by atoms with Gasteiger partial charge in [-0.15, -0.1) is 0 Å². The van der Waals surface area contributed by atoms with Crippen LogP contribution in [0.2, 0.25) is 0 Å². The first-order chi connectivity index (χ1) is 11.2. The summed E-state index contributed by atoms with van der Waals surface area (Å²) in [7, 11) is 3.59. The molecule has 0 fully saturated rings. The Morgan fingerprint density at radius 3 is 3.17 bits per heavy atom. The maximum Gasteiger partial charge on any atom is 0.230 e. The summed E-state index contributed by atoms with van der Waals surface area (Å²) in [5.41, 5.74) is 3.32. The second kappa shape index (κ2) is 7.25. The van der Waals surface area contributed by atoms with Gasteiger partial charge in [0.2, 0.25) is 5.91 Å². The predicted molar refractivity (Wildman–Crippen MR) is 89.3 cm³/mol. The molecule has 0 spiro atoms. The number of carbonyl (C=O) groups excluding carboxylic acids is 1. The standard InChI is InChI=1S/C16H22N4O2S/c1-19-11-18-14-9-20(7-12-3-6-23-10-12)8-13(15(14)19)16(21)17-4-5-22-2/h3,6,10-11,13H,4-5,7-9H2,1-2H3,(H,17,21). The van der Waals surface area contributed by atoms with Gasteiger partial charge in [0, 0.05) is 40.3 Å². The number of thiophene rings is 1. The normalized spacial score (nSPS) is 17.9. The molecule has 7 heteroatoms. The van der Waals surface area contributed by atoms with Gasteiger partial charge < -0.3 is 14.6 Å². The first kappa shape index (κ1) is 16.2. The Hall–Kier alpha value is -1.70. The number of fused-ring (bicyclic) bond motifs is 1. The number of methoxy groups -OCH3 is 1. The van der Waals surface area contributed by atoms with E-state index in [0.29, 0.717) is 19.7 Å². The quantitative estimate of drug-likeness (QED) is 0.810. The van der Waals surface area contributed by atoms with Gasteiger partial charge in [0.25, 0.3) is 0 Å². The number of hydrogen-bond acceptors (Lipinski definition) is 5. The van der Waals surface area contributed by atoms with E-state index in [9.17, 15) is 4.79 Å². The van der Waals surface area contributed by atoms with Gasteiger partial charge in [0.15, 0.2) is 0 Å². The van der Waals surface area contributed by atoms with Crippen molar-refractivity contribution in [1.82, 2.24) is 19.8 Å². The van der Waals surface area contributed by atoms with Crippen LogP contribution in [0.1, 0.15) is 22.9 Å². The summed E-state index contributed by atoms with van der Waals surface area (Å²) in [6.07, 6.45) is 1.80. The van der Waals surface area contributed by atoms with Crippen LogP contribution < -0.4 is 5.32 Å². The first-order valence-electron chi connectivity index (χ1n) is 7.69. The van der Waals surface area contributed by atoms with Crippen molar-refractivity contribution in [2.75, 3.05) is 26.8 Å². The fourth-order valence-corrected chi connectivity index (χ4v) is 3.71. The number of aryl methyl sites for hydroxylation is 1. The van der Waals surface area contributed by atoms with Crippen molar-refractivity contribution < 1.29 is 9.53 Å². The third-order valence-electron chi connectivity index (χ3n) is 4.11. The summed E-state index contributed by atoms with van der Waals surface area (Å²) in [5, 5.41) is 7.20. The monoisotopic (exact) mass is 334 g/mol. The van der Waals surface area contributed by atoms with E-state index in [2.05, 4.69) is 32.0 Å². The Kier molecular flexibility index (Phi) is 5.09. The highest BCUT2D eigenvalue weighted by Crippen LogP contribution is 2.28. The van der Waals surface area contributed by atoms with Crippen LogP contribution in [-0.4, -0.2) is 47.2 Å². The summed E-state index contributed by atoms with van der Waals surface area (Å²) >= 11 is 1.70. The van der Waals surface area contributed by atoms with E-state index in [4.69, 9.17) is 4.74 Å². The molecule has 2 aromatic rings. The predicted octanol–water partition coefficient (Wildman–Crippen LogP) is 1.34. The molecule has 1 atom stereocenters. The minimum atomic E-state index is -0.193. The second-order valence-electron chi connectivity index (χ2n) is 5.83. The van der Waals surface area contributed by atoms with Crippen molar-refractivity contribution in [3.8, 4) is 0 Å². The maximum absolute atomic E-state index is 12.6. The van der Waals surface area contributed by atoms with Gasteiger partial charge in [-0.25, -0.2) is 4.98 Å². The van der Waals surface area contributed by atoms with Gasteiger partial charge in [0.1, 0.15) is 0 Å². The highest BCUT2D eigenvalue weighted by Gasteiger charge is 2.33. The number of nitrogens with zero attached hydrogens (tertiary/aromatic N) is 3. The molecule has 3 rings (SSSR count). The summed E-state index contributed by atoms with van der Waals surface area (Å²) in [6, 6.07) is 2.13. The lowest BCUT2D eigenvalue weighted by atomic mass is 9.97. The summed E-state index contributed by atoms with van der Waals surface area (Å²) in [5.74, 6) is -0.149. The molecule has 0 saturated heterocycles. The molecule has 1 aliphatic heterocycles. The van der Waals surface area contributed by atoms with Gasteiger partial charge in [0.05, 0.1) is 30.2 Å². The third-order valence-corrected chi connectivity index (χ3v) is 4.85. The zero-order valence-electron chi connectivity index (χ0n) is 13.5. The van der Waals surface area contributed by atoms with E-state index < -0.39 is 0 Å². The van der Waals surface area contributed by atoms with Crippen LogP contribution in [0.5, 0.6) is 0 Å². The van der Waals surface area contributed by atoms with Crippen molar-refractivity contribution in [2.45, 2.75) is 19.0 Å². The number of amides is 1. The number of carbonyl (C=O) groups is 1. The molecule has 1 amide bonds. The number of nitrogens with one attached hydrogen (secondary N) is 1. The molecule has 124 valence electrons. The lowest BCUT2D eigenvalue weighted by Crippen LogP contribution is -2.42. The number of rotatable bonds is 6. The van der Waals surface area contributed by atoms with Crippen LogP contribution in [0.15, 0.2) is 23.2 Å². The van der Waals surface area contributed by atoms with E-state index in [-0.39, 0.29) is 11.8 Å². The van der Waals surface area contributed by atoms with Gasteiger partial charge in [-0.05, 0) is 22.4 Å². The highest BCUT2D eigenvalue weighted by molar-refractivity contribution is 7.07. The number of hydrogen-bond donors (Lipinski definition) is 1. The number of imidazole rings is 1. The zero-order chi connectivity index (χ0) is 16.2. The molecule has 23 heavy (non-hydrogen) atoms. The summed E-state index contributed by atoms with van der Waals surface area (Å²) < 4.78 is 6.98. The van der Waals surface area contributed by atoms with Gasteiger partial charge in [-0.3, -0.25) is 9.69 Å². The molecule has 1 N–H and O–H groups in total. The molecule has 0 radical (unpaired) electrons. The Morgan fingerprint density at radius 1 is 1.57 bits per heavy atom. The van der Waals surface area contributed by atoms with Crippen molar-refractivity contribution in [3.63, 3.8) is 0 Å². The molecular formula is C16H22N4O2S. The fraction of sp³-hybridized carbons (Fsp3) is 0.500. The molecule has 0 aromatic carbocycles. The molecule has 0 saturated carbocycles. The smallest absolute Gasteiger partial charge is 0.230 e. The van der Waals surface area contributed by atoms with Crippen LogP contribution in [0.25, 0.3) is 0 Å². The summed E-state index contributed by atoms with van der Waals surface area (Å²) in [4.78, 5) is 19.4. The van der Waals surface area contributed by atoms with Crippen LogP contribution >= 0.6 is 11.3 Å². The van der Waals surface area contributed by atoms with E-state index in [1.807, 2.05) is 11.6 Å². The van der Waals surface area contributed by atoms with Crippen molar-refractivity contribution in [2.24, 2.45) is 7.05 Å². The topological polar surface area (TPSA) is 59.4 Å². The third kappa shape index (κ3) is 3.63. The lowest BCUT2D eigenvalue weighted by Gasteiger charge is -2.32. The van der Waals surface area contributed by atoms with E-state index >= 15 is 0 Å². The van der Waals surface area contributed by atoms with Crippen molar-refractivity contribution >= 4 is 17.2 Å². The average molecular weight is 334 g/mol. The average Bonchev–Trinajstić information content (AvgIpc) is 3.17. The van der Waals surface area contributed by atoms with Crippen LogP contribution in [0, 0.1) is 0 Å². The molecule has 1 aliphatic rings. The lowest BCUT2D eigenvalue weighted by molar-refractivity contribution is -0.123. The van der Waals surface area contributed by atoms with Crippen LogP contribution in [-0.2, 0) is 29.7 Å². The Bertz CT molecular complexity index is 653.